The Hall–Kier alpha value is -0.530. The van der Waals surface area contributed by atoms with Gasteiger partial charge in [-0.1, -0.05) is 5.92 Å². The summed E-state index contributed by atoms with van der Waals surface area (Å²) >= 11 is 0. The second kappa shape index (κ2) is 3.24. The normalized spacial score (nSPS) is 19.9. The van der Waals surface area contributed by atoms with Gasteiger partial charge in [0.25, 0.3) is 0 Å². The van der Waals surface area contributed by atoms with Crippen LogP contribution in [0.3, 0.4) is 0 Å². The van der Waals surface area contributed by atoms with Gasteiger partial charge in [-0.15, -0.1) is 6.42 Å². The number of terminal acetylenes is 1. The van der Waals surface area contributed by atoms with Crippen molar-refractivity contribution < 1.29 is 8.42 Å². The summed E-state index contributed by atoms with van der Waals surface area (Å²) in [5.41, 5.74) is 0. The second-order valence-corrected chi connectivity index (χ2v) is 4.54. The third kappa shape index (κ3) is 1.95. The summed E-state index contributed by atoms with van der Waals surface area (Å²) in [7, 11) is -3.11. The summed E-state index contributed by atoms with van der Waals surface area (Å²) in [6.07, 6.45) is 6.85. The number of sulfonamides is 1. The molecule has 0 atom stereocenters. The van der Waals surface area contributed by atoms with E-state index in [1.807, 2.05) is 0 Å². The summed E-state index contributed by atoms with van der Waals surface area (Å²) in [6.45, 7) is 1.29. The van der Waals surface area contributed by atoms with Crippen LogP contribution < -0.4 is 0 Å². The molecule has 11 heavy (non-hydrogen) atoms. The lowest BCUT2D eigenvalue weighted by atomic mass is 10.4. The van der Waals surface area contributed by atoms with E-state index in [1.54, 1.807) is 0 Å². The molecule has 0 N–H and O–H groups in total. The lowest BCUT2D eigenvalue weighted by molar-refractivity contribution is 0.481. The summed E-state index contributed by atoms with van der Waals surface area (Å²) in [5.74, 6) is 2.00. The molecule has 1 aliphatic rings. The van der Waals surface area contributed by atoms with Crippen LogP contribution in [0.25, 0.3) is 0 Å². The number of rotatable bonds is 2. The van der Waals surface area contributed by atoms with E-state index in [9.17, 15) is 8.42 Å². The van der Waals surface area contributed by atoms with E-state index >= 15 is 0 Å². The minimum absolute atomic E-state index is 0.160. The summed E-state index contributed by atoms with van der Waals surface area (Å²) in [6, 6.07) is 0. The molecule has 62 valence electrons. The largest absolute Gasteiger partial charge is 0.225 e. The average Bonchev–Trinajstić information content (AvgIpc) is 2.37. The van der Waals surface area contributed by atoms with Crippen molar-refractivity contribution in [3.05, 3.63) is 0 Å². The third-order valence-corrected chi connectivity index (χ3v) is 3.41. The smallest absolute Gasteiger partial charge is 0.211 e. The fraction of sp³-hybridized carbons (Fsp3) is 0.714. The molecule has 0 bridgehead atoms. The van der Waals surface area contributed by atoms with Crippen molar-refractivity contribution in [1.29, 1.82) is 0 Å². The Morgan fingerprint density at radius 1 is 1.36 bits per heavy atom. The monoisotopic (exact) mass is 173 g/mol. The van der Waals surface area contributed by atoms with Crippen LogP contribution in [0.1, 0.15) is 12.8 Å². The van der Waals surface area contributed by atoms with Crippen LogP contribution in [0.2, 0.25) is 0 Å². The lowest BCUT2D eigenvalue weighted by Crippen LogP contribution is -2.29. The van der Waals surface area contributed by atoms with Crippen molar-refractivity contribution in [1.82, 2.24) is 4.31 Å². The van der Waals surface area contributed by atoms with Gasteiger partial charge in [0.2, 0.25) is 10.0 Å². The zero-order valence-electron chi connectivity index (χ0n) is 6.28. The first-order valence-corrected chi connectivity index (χ1v) is 5.19. The summed E-state index contributed by atoms with van der Waals surface area (Å²) < 4.78 is 23.9. The van der Waals surface area contributed by atoms with Crippen LogP contribution in [0.5, 0.6) is 0 Å². The van der Waals surface area contributed by atoms with E-state index in [-0.39, 0.29) is 5.75 Å². The molecule has 4 heteroatoms. The van der Waals surface area contributed by atoms with Crippen molar-refractivity contribution in [3.8, 4) is 12.3 Å². The van der Waals surface area contributed by atoms with E-state index in [0.717, 1.165) is 12.8 Å². The molecule has 1 heterocycles. The van der Waals surface area contributed by atoms with Crippen molar-refractivity contribution in [3.63, 3.8) is 0 Å². The Balaban J connectivity index is 2.65. The lowest BCUT2D eigenvalue weighted by Gasteiger charge is -2.12. The maximum absolute atomic E-state index is 11.2. The predicted octanol–water partition coefficient (Wildman–Crippen LogP) is 0.0452. The van der Waals surface area contributed by atoms with Crippen molar-refractivity contribution in [2.75, 3.05) is 18.8 Å². The molecule has 1 fully saturated rings. The van der Waals surface area contributed by atoms with Gasteiger partial charge in [-0.05, 0) is 12.8 Å². The van der Waals surface area contributed by atoms with E-state index in [2.05, 4.69) is 5.92 Å². The average molecular weight is 173 g/mol. The highest BCUT2D eigenvalue weighted by molar-refractivity contribution is 7.89. The van der Waals surface area contributed by atoms with Gasteiger partial charge >= 0.3 is 0 Å². The van der Waals surface area contributed by atoms with Crippen LogP contribution in [0.15, 0.2) is 0 Å². The Bertz CT molecular complexity index is 257. The fourth-order valence-corrected chi connectivity index (χ4v) is 2.37. The fourth-order valence-electron chi connectivity index (χ4n) is 1.16. The molecule has 0 amide bonds. The highest BCUT2D eigenvalue weighted by atomic mass is 32.2. The molecule has 0 saturated carbocycles. The highest BCUT2D eigenvalue weighted by Crippen LogP contribution is 2.12. The predicted molar refractivity (Wildman–Crippen MR) is 43.4 cm³/mol. The first-order valence-electron chi connectivity index (χ1n) is 3.58. The Morgan fingerprint density at radius 3 is 2.36 bits per heavy atom. The van der Waals surface area contributed by atoms with Crippen LogP contribution in [-0.2, 0) is 10.0 Å². The van der Waals surface area contributed by atoms with Gasteiger partial charge in [-0.3, -0.25) is 0 Å². The molecule has 1 rings (SSSR count). The number of hydrogen-bond acceptors (Lipinski definition) is 2. The quantitative estimate of drug-likeness (QED) is 0.553. The van der Waals surface area contributed by atoms with Crippen LogP contribution >= 0.6 is 0 Å². The zero-order valence-corrected chi connectivity index (χ0v) is 7.10. The Labute approximate surface area is 67.4 Å². The van der Waals surface area contributed by atoms with Crippen molar-refractivity contribution in [2.45, 2.75) is 12.8 Å². The zero-order chi connectivity index (χ0) is 8.32. The van der Waals surface area contributed by atoms with Gasteiger partial charge < -0.3 is 0 Å². The van der Waals surface area contributed by atoms with Crippen molar-refractivity contribution in [2.24, 2.45) is 0 Å². The van der Waals surface area contributed by atoms with E-state index in [0.29, 0.717) is 13.1 Å². The van der Waals surface area contributed by atoms with Gasteiger partial charge in [0.05, 0.1) is 0 Å². The number of nitrogens with zero attached hydrogens (tertiary/aromatic N) is 1. The Morgan fingerprint density at radius 2 is 1.91 bits per heavy atom. The van der Waals surface area contributed by atoms with Crippen molar-refractivity contribution >= 4 is 10.0 Å². The minimum Gasteiger partial charge on any atom is -0.211 e. The van der Waals surface area contributed by atoms with Gasteiger partial charge in [-0.2, -0.15) is 0 Å². The first kappa shape index (κ1) is 8.57. The topological polar surface area (TPSA) is 37.4 Å². The molecule has 3 nitrogen and oxygen atoms in total. The molecular weight excluding hydrogens is 162 g/mol. The van der Waals surface area contributed by atoms with Crippen LogP contribution in [0.4, 0.5) is 0 Å². The molecular formula is C7H11NO2S. The van der Waals surface area contributed by atoms with Crippen LogP contribution in [-0.4, -0.2) is 31.6 Å². The van der Waals surface area contributed by atoms with E-state index in [4.69, 9.17) is 6.42 Å². The molecule has 1 saturated heterocycles. The van der Waals surface area contributed by atoms with Crippen LogP contribution in [0, 0.1) is 12.3 Å². The standard InChI is InChI=1S/C7H11NO2S/c1-2-7-11(9,10)8-5-3-4-6-8/h1H,3-7H2. The Kier molecular flexibility index (Phi) is 2.53. The molecule has 0 spiro atoms. The molecule has 0 aromatic carbocycles. The SMILES string of the molecule is C#CCS(=O)(=O)N1CCCC1. The first-order chi connectivity index (χ1) is 5.17. The maximum atomic E-state index is 11.2. The second-order valence-electron chi connectivity index (χ2n) is 2.57. The van der Waals surface area contributed by atoms with Gasteiger partial charge in [0, 0.05) is 13.1 Å². The summed E-state index contributed by atoms with van der Waals surface area (Å²) in [4.78, 5) is 0. The van der Waals surface area contributed by atoms with E-state index in [1.165, 1.54) is 4.31 Å². The molecule has 0 unspecified atom stereocenters. The number of hydrogen-bond donors (Lipinski definition) is 0. The van der Waals surface area contributed by atoms with Gasteiger partial charge in [-0.25, -0.2) is 12.7 Å². The van der Waals surface area contributed by atoms with E-state index < -0.39 is 10.0 Å². The van der Waals surface area contributed by atoms with Gasteiger partial charge in [0.15, 0.2) is 0 Å². The molecule has 0 aromatic rings. The minimum atomic E-state index is -3.11. The third-order valence-electron chi connectivity index (χ3n) is 1.72. The molecule has 0 aromatic heterocycles. The molecule has 0 radical (unpaired) electrons. The maximum Gasteiger partial charge on any atom is 0.225 e. The molecule has 1 aliphatic heterocycles. The molecule has 0 aliphatic carbocycles. The summed E-state index contributed by atoms with van der Waals surface area (Å²) in [5, 5.41) is 0. The highest BCUT2D eigenvalue weighted by Gasteiger charge is 2.23. The van der Waals surface area contributed by atoms with Gasteiger partial charge in [0.1, 0.15) is 5.75 Å².